The summed E-state index contributed by atoms with van der Waals surface area (Å²) in [5.74, 6) is 0.685. The number of aldehydes is 1. The van der Waals surface area contributed by atoms with E-state index in [0.29, 0.717) is 24.5 Å². The Hall–Kier alpha value is -1.69. The van der Waals surface area contributed by atoms with Gasteiger partial charge in [0, 0.05) is 13.6 Å². The van der Waals surface area contributed by atoms with E-state index >= 15 is 0 Å². The first-order chi connectivity index (χ1) is 8.81. The molecule has 0 saturated heterocycles. The Morgan fingerprint density at radius 3 is 2.58 bits per heavy atom. The maximum Gasteiger partial charge on any atom is 0.227 e. The predicted octanol–water partition coefficient (Wildman–Crippen LogP) is 1.44. The van der Waals surface area contributed by atoms with Gasteiger partial charge in [-0.2, -0.15) is 0 Å². The van der Waals surface area contributed by atoms with Crippen LogP contribution in [0.25, 0.3) is 0 Å². The van der Waals surface area contributed by atoms with E-state index in [4.69, 9.17) is 11.6 Å². The van der Waals surface area contributed by atoms with Crippen molar-refractivity contribution in [2.75, 3.05) is 18.9 Å². The second-order valence-electron chi connectivity index (χ2n) is 4.76. The number of rotatable bonds is 5. The average Bonchev–Trinajstić information content (AvgIpc) is 2.34. The number of halogens is 1. The van der Waals surface area contributed by atoms with Crippen LogP contribution in [0.2, 0.25) is 5.15 Å². The minimum absolute atomic E-state index is 0.0998. The van der Waals surface area contributed by atoms with Gasteiger partial charge in [-0.15, -0.1) is 0 Å². The molecule has 1 amide bonds. The molecule has 0 atom stereocenters. The van der Waals surface area contributed by atoms with E-state index in [9.17, 15) is 9.59 Å². The molecule has 6 nitrogen and oxygen atoms in total. The number of carbonyl (C=O) groups excluding carboxylic acids is 2. The molecule has 0 aliphatic carbocycles. The summed E-state index contributed by atoms with van der Waals surface area (Å²) in [5.41, 5.74) is -0.444. The lowest BCUT2D eigenvalue weighted by Crippen LogP contribution is -2.39. The second kappa shape index (κ2) is 5.97. The molecular weight excluding hydrogens is 268 g/mol. The number of carbonyl (C=O) groups is 2. The van der Waals surface area contributed by atoms with Crippen molar-refractivity contribution in [2.24, 2.45) is 5.41 Å². The lowest BCUT2D eigenvalue weighted by Gasteiger charge is -2.23. The molecule has 0 radical (unpaired) electrons. The van der Waals surface area contributed by atoms with Crippen LogP contribution in [0.5, 0.6) is 0 Å². The SMILES string of the molecule is CNC(=O)C(C)(C)CNc1nc(C)nc(Cl)c1C=O. The minimum atomic E-state index is -0.639. The first-order valence-electron chi connectivity index (χ1n) is 5.77. The summed E-state index contributed by atoms with van der Waals surface area (Å²) >= 11 is 5.87. The first kappa shape index (κ1) is 15.4. The molecule has 2 N–H and O–H groups in total. The van der Waals surface area contributed by atoms with Gasteiger partial charge in [-0.1, -0.05) is 11.6 Å². The Morgan fingerprint density at radius 2 is 2.05 bits per heavy atom. The second-order valence-corrected chi connectivity index (χ2v) is 5.12. The lowest BCUT2D eigenvalue weighted by atomic mass is 9.92. The van der Waals surface area contributed by atoms with Crippen LogP contribution in [-0.2, 0) is 4.79 Å². The molecular formula is C12H17ClN4O2. The number of amides is 1. The molecule has 19 heavy (non-hydrogen) atoms. The summed E-state index contributed by atoms with van der Waals surface area (Å²) < 4.78 is 0. The first-order valence-corrected chi connectivity index (χ1v) is 6.15. The van der Waals surface area contributed by atoms with Crippen molar-refractivity contribution in [1.82, 2.24) is 15.3 Å². The lowest BCUT2D eigenvalue weighted by molar-refractivity contribution is -0.128. The monoisotopic (exact) mass is 284 g/mol. The van der Waals surface area contributed by atoms with Crippen molar-refractivity contribution in [3.05, 3.63) is 16.5 Å². The number of hydrogen-bond acceptors (Lipinski definition) is 5. The van der Waals surface area contributed by atoms with Gasteiger partial charge in [-0.25, -0.2) is 9.97 Å². The predicted molar refractivity (Wildman–Crippen MR) is 73.5 cm³/mol. The maximum atomic E-state index is 11.7. The molecule has 1 heterocycles. The molecule has 0 bridgehead atoms. The Balaban J connectivity index is 2.95. The van der Waals surface area contributed by atoms with Crippen molar-refractivity contribution in [3.8, 4) is 0 Å². The summed E-state index contributed by atoms with van der Waals surface area (Å²) in [6.07, 6.45) is 0.594. The smallest absolute Gasteiger partial charge is 0.227 e. The van der Waals surface area contributed by atoms with Crippen LogP contribution in [0, 0.1) is 12.3 Å². The Kier molecular flexibility index (Phi) is 4.83. The number of nitrogens with one attached hydrogen (secondary N) is 2. The van der Waals surface area contributed by atoms with Crippen LogP contribution in [0.4, 0.5) is 5.82 Å². The standard InChI is InChI=1S/C12H17ClN4O2/c1-7-16-9(13)8(5-18)10(17-7)15-6-12(2,3)11(19)14-4/h5H,6H2,1-4H3,(H,14,19)(H,15,16,17). The van der Waals surface area contributed by atoms with Crippen LogP contribution >= 0.6 is 11.6 Å². The Morgan fingerprint density at radius 1 is 1.42 bits per heavy atom. The van der Waals surface area contributed by atoms with Crippen molar-refractivity contribution in [1.29, 1.82) is 0 Å². The fraction of sp³-hybridized carbons (Fsp3) is 0.500. The highest BCUT2D eigenvalue weighted by Crippen LogP contribution is 2.21. The molecule has 0 aliphatic rings. The quantitative estimate of drug-likeness (QED) is 0.631. The molecule has 0 saturated carbocycles. The van der Waals surface area contributed by atoms with Crippen molar-refractivity contribution < 1.29 is 9.59 Å². The van der Waals surface area contributed by atoms with Gasteiger partial charge in [0.1, 0.15) is 16.8 Å². The van der Waals surface area contributed by atoms with Crippen molar-refractivity contribution in [2.45, 2.75) is 20.8 Å². The molecule has 0 spiro atoms. The zero-order chi connectivity index (χ0) is 14.6. The summed E-state index contributed by atoms with van der Waals surface area (Å²) in [5, 5.41) is 5.66. The molecule has 1 rings (SSSR count). The van der Waals surface area contributed by atoms with Gasteiger partial charge < -0.3 is 10.6 Å². The molecule has 0 unspecified atom stereocenters. The van der Waals surface area contributed by atoms with Crippen LogP contribution in [0.15, 0.2) is 0 Å². The molecule has 0 fully saturated rings. The summed E-state index contributed by atoms with van der Waals surface area (Å²) in [6.45, 7) is 5.57. The van der Waals surface area contributed by atoms with Gasteiger partial charge in [0.25, 0.3) is 0 Å². The molecule has 0 aromatic carbocycles. The fourth-order valence-electron chi connectivity index (χ4n) is 1.51. The van der Waals surface area contributed by atoms with E-state index in [-0.39, 0.29) is 16.6 Å². The topological polar surface area (TPSA) is 84.0 Å². The third kappa shape index (κ3) is 3.64. The third-order valence-electron chi connectivity index (χ3n) is 2.67. The van der Waals surface area contributed by atoms with Crippen LogP contribution in [-0.4, -0.2) is 35.8 Å². The zero-order valence-electron chi connectivity index (χ0n) is 11.4. The van der Waals surface area contributed by atoms with E-state index in [1.54, 1.807) is 27.8 Å². The van der Waals surface area contributed by atoms with E-state index in [2.05, 4.69) is 20.6 Å². The van der Waals surface area contributed by atoms with Gasteiger partial charge in [0.15, 0.2) is 6.29 Å². The van der Waals surface area contributed by atoms with Crippen LogP contribution < -0.4 is 10.6 Å². The number of anilines is 1. The van der Waals surface area contributed by atoms with Crippen LogP contribution in [0.1, 0.15) is 30.0 Å². The van der Waals surface area contributed by atoms with Gasteiger partial charge in [-0.3, -0.25) is 9.59 Å². The zero-order valence-corrected chi connectivity index (χ0v) is 12.1. The average molecular weight is 285 g/mol. The molecule has 1 aromatic heterocycles. The van der Waals surface area contributed by atoms with Crippen molar-refractivity contribution >= 4 is 29.6 Å². The van der Waals surface area contributed by atoms with Gasteiger partial charge in [0.05, 0.1) is 11.0 Å². The maximum absolute atomic E-state index is 11.7. The van der Waals surface area contributed by atoms with E-state index in [1.165, 1.54) is 0 Å². The van der Waals surface area contributed by atoms with E-state index in [1.807, 2.05) is 0 Å². The fourth-order valence-corrected chi connectivity index (χ4v) is 1.77. The minimum Gasteiger partial charge on any atom is -0.368 e. The van der Waals surface area contributed by atoms with Gasteiger partial charge in [-0.05, 0) is 20.8 Å². The normalized spacial score (nSPS) is 11.0. The van der Waals surface area contributed by atoms with E-state index < -0.39 is 5.41 Å². The van der Waals surface area contributed by atoms with E-state index in [0.717, 1.165) is 0 Å². The number of aromatic nitrogens is 2. The van der Waals surface area contributed by atoms with Crippen molar-refractivity contribution in [3.63, 3.8) is 0 Å². The Labute approximate surface area is 117 Å². The molecule has 7 heteroatoms. The summed E-state index contributed by atoms with van der Waals surface area (Å²) in [7, 11) is 1.58. The number of nitrogens with zero attached hydrogens (tertiary/aromatic N) is 2. The van der Waals surface area contributed by atoms with Gasteiger partial charge >= 0.3 is 0 Å². The largest absolute Gasteiger partial charge is 0.368 e. The summed E-state index contributed by atoms with van der Waals surface area (Å²) in [4.78, 5) is 30.7. The highest BCUT2D eigenvalue weighted by atomic mass is 35.5. The molecule has 0 aliphatic heterocycles. The van der Waals surface area contributed by atoms with Crippen LogP contribution in [0.3, 0.4) is 0 Å². The number of hydrogen-bond donors (Lipinski definition) is 2. The molecule has 104 valence electrons. The highest BCUT2D eigenvalue weighted by molar-refractivity contribution is 6.32. The highest BCUT2D eigenvalue weighted by Gasteiger charge is 2.27. The molecule has 1 aromatic rings. The third-order valence-corrected chi connectivity index (χ3v) is 2.96. The summed E-state index contributed by atoms with van der Waals surface area (Å²) in [6, 6.07) is 0. The number of aryl methyl sites for hydroxylation is 1. The Bertz CT molecular complexity index is 503. The van der Waals surface area contributed by atoms with Gasteiger partial charge in [0.2, 0.25) is 5.91 Å².